The van der Waals surface area contributed by atoms with Crippen LogP contribution in [0.25, 0.3) is 0 Å². The molecule has 0 bridgehead atoms. The Balaban J connectivity index is 2.08. The lowest BCUT2D eigenvalue weighted by Gasteiger charge is -2.15. The molecule has 0 aliphatic rings. The van der Waals surface area contributed by atoms with Crippen LogP contribution in [0.4, 0.5) is 11.4 Å². The van der Waals surface area contributed by atoms with Gasteiger partial charge in [-0.15, -0.1) is 0 Å². The van der Waals surface area contributed by atoms with E-state index >= 15 is 0 Å². The van der Waals surface area contributed by atoms with E-state index in [-0.39, 0.29) is 32.0 Å². The molecule has 0 spiro atoms. The van der Waals surface area contributed by atoms with Crippen LogP contribution >= 0.6 is 34.8 Å². The second kappa shape index (κ2) is 8.35. The third-order valence-corrected chi connectivity index (χ3v) is 4.18. The van der Waals surface area contributed by atoms with E-state index in [4.69, 9.17) is 39.5 Å². The smallest absolute Gasteiger partial charge is 0.341 e. The first kappa shape index (κ1) is 20.0. The van der Waals surface area contributed by atoms with Crippen LogP contribution in [0.1, 0.15) is 17.3 Å². The second-order valence-electron chi connectivity index (χ2n) is 5.05. The Morgan fingerprint density at radius 1 is 1.12 bits per heavy atom. The number of nitro benzene ring substituents is 1. The number of ether oxygens (including phenoxy) is 1. The molecule has 136 valence electrons. The fourth-order valence-corrected chi connectivity index (χ4v) is 2.69. The third-order valence-electron chi connectivity index (χ3n) is 3.24. The van der Waals surface area contributed by atoms with Crippen molar-refractivity contribution in [2.75, 3.05) is 5.32 Å². The number of nitrogens with zero attached hydrogens (tertiary/aromatic N) is 1. The van der Waals surface area contributed by atoms with Gasteiger partial charge in [0.15, 0.2) is 6.10 Å². The Morgan fingerprint density at radius 3 is 2.27 bits per heavy atom. The van der Waals surface area contributed by atoms with Gasteiger partial charge in [0.1, 0.15) is 0 Å². The fraction of sp³-hybridized carbons (Fsp3) is 0.125. The van der Waals surface area contributed by atoms with Crippen molar-refractivity contribution in [1.82, 2.24) is 0 Å². The van der Waals surface area contributed by atoms with E-state index in [1.165, 1.54) is 31.2 Å². The molecule has 0 radical (unpaired) electrons. The van der Waals surface area contributed by atoms with Gasteiger partial charge in [0, 0.05) is 12.1 Å². The zero-order valence-electron chi connectivity index (χ0n) is 13.2. The molecule has 1 N–H and O–H groups in total. The summed E-state index contributed by atoms with van der Waals surface area (Å²) in [6.07, 6.45) is -1.19. The first-order valence-corrected chi connectivity index (χ1v) is 8.24. The molecule has 0 heterocycles. The summed E-state index contributed by atoms with van der Waals surface area (Å²) in [4.78, 5) is 34.4. The molecule has 2 aromatic rings. The zero-order valence-corrected chi connectivity index (χ0v) is 15.4. The molecule has 1 atom stereocenters. The van der Waals surface area contributed by atoms with Gasteiger partial charge in [-0.3, -0.25) is 14.9 Å². The van der Waals surface area contributed by atoms with E-state index in [1.807, 2.05) is 0 Å². The Labute approximate surface area is 162 Å². The van der Waals surface area contributed by atoms with Crippen molar-refractivity contribution in [2.45, 2.75) is 13.0 Å². The molecule has 0 aliphatic heterocycles. The lowest BCUT2D eigenvalue weighted by molar-refractivity contribution is -0.384. The number of rotatable bonds is 5. The van der Waals surface area contributed by atoms with Gasteiger partial charge < -0.3 is 10.1 Å². The first-order valence-electron chi connectivity index (χ1n) is 7.10. The van der Waals surface area contributed by atoms with Crippen molar-refractivity contribution in [3.8, 4) is 0 Å². The van der Waals surface area contributed by atoms with Gasteiger partial charge in [0.05, 0.1) is 31.2 Å². The van der Waals surface area contributed by atoms with Crippen LogP contribution in [0.15, 0.2) is 36.4 Å². The van der Waals surface area contributed by atoms with E-state index in [0.717, 1.165) is 6.07 Å². The van der Waals surface area contributed by atoms with E-state index in [2.05, 4.69) is 5.32 Å². The van der Waals surface area contributed by atoms with Crippen molar-refractivity contribution in [3.05, 3.63) is 67.1 Å². The number of nitro groups is 1. The summed E-state index contributed by atoms with van der Waals surface area (Å²) in [5, 5.41) is 13.3. The standard InChI is InChI=1S/C16H11Cl3N2O5/c1-8(26-16(23)14-10(17)3-2-4-11(14)18)15(22)20-13-6-5-9(21(24)25)7-12(13)19/h2-8H,1H3,(H,20,22). The lowest BCUT2D eigenvalue weighted by Crippen LogP contribution is -2.30. The topological polar surface area (TPSA) is 98.5 Å². The summed E-state index contributed by atoms with van der Waals surface area (Å²) in [6, 6.07) is 8.04. The first-order chi connectivity index (χ1) is 12.2. The molecule has 0 saturated heterocycles. The Morgan fingerprint density at radius 2 is 1.73 bits per heavy atom. The van der Waals surface area contributed by atoms with E-state index in [1.54, 1.807) is 6.07 Å². The predicted octanol–water partition coefficient (Wildman–Crippen LogP) is 4.74. The normalized spacial score (nSPS) is 11.5. The molecule has 26 heavy (non-hydrogen) atoms. The Kier molecular flexibility index (Phi) is 6.42. The van der Waals surface area contributed by atoms with Crippen LogP contribution in [0, 0.1) is 10.1 Å². The third kappa shape index (κ3) is 4.63. The van der Waals surface area contributed by atoms with E-state index in [0.29, 0.717) is 0 Å². The van der Waals surface area contributed by atoms with Crippen molar-refractivity contribution in [3.63, 3.8) is 0 Å². The number of hydrogen-bond donors (Lipinski definition) is 1. The number of hydrogen-bond acceptors (Lipinski definition) is 5. The molecule has 1 amide bonds. The monoisotopic (exact) mass is 416 g/mol. The summed E-state index contributed by atoms with van der Waals surface area (Å²) in [7, 11) is 0. The summed E-state index contributed by atoms with van der Waals surface area (Å²) in [6.45, 7) is 1.34. The molecule has 1 unspecified atom stereocenters. The van der Waals surface area contributed by atoms with Crippen molar-refractivity contribution < 1.29 is 19.2 Å². The molecule has 0 aromatic heterocycles. The maximum Gasteiger partial charge on any atom is 0.341 e. The van der Waals surface area contributed by atoms with E-state index in [9.17, 15) is 19.7 Å². The SMILES string of the molecule is CC(OC(=O)c1c(Cl)cccc1Cl)C(=O)Nc1ccc([N+](=O)[O-])cc1Cl. The molecular weight excluding hydrogens is 407 g/mol. The Bertz CT molecular complexity index is 868. The van der Waals surface area contributed by atoms with Crippen molar-refractivity contribution in [2.24, 2.45) is 0 Å². The minimum atomic E-state index is -1.19. The molecule has 2 aromatic carbocycles. The number of carbonyl (C=O) groups excluding carboxylic acids is 2. The number of halogens is 3. The summed E-state index contributed by atoms with van der Waals surface area (Å²) < 4.78 is 5.06. The quantitative estimate of drug-likeness (QED) is 0.430. The number of esters is 1. The van der Waals surface area contributed by atoms with Crippen molar-refractivity contribution in [1.29, 1.82) is 0 Å². The highest BCUT2D eigenvalue weighted by Gasteiger charge is 2.23. The molecular formula is C16H11Cl3N2O5. The van der Waals surface area contributed by atoms with Gasteiger partial charge in [-0.1, -0.05) is 40.9 Å². The van der Waals surface area contributed by atoms with Crippen molar-refractivity contribution >= 4 is 58.1 Å². The van der Waals surface area contributed by atoms with Crippen LogP contribution in [0.2, 0.25) is 15.1 Å². The number of benzene rings is 2. The molecule has 2 rings (SSSR count). The number of carbonyl (C=O) groups is 2. The Hall–Kier alpha value is -2.35. The average Bonchev–Trinajstić information content (AvgIpc) is 2.56. The number of nitrogens with one attached hydrogen (secondary N) is 1. The number of amides is 1. The highest BCUT2D eigenvalue weighted by atomic mass is 35.5. The second-order valence-corrected chi connectivity index (χ2v) is 6.28. The van der Waals surface area contributed by atoms with Crippen LogP contribution < -0.4 is 5.32 Å². The number of anilines is 1. The maximum absolute atomic E-state index is 12.2. The highest BCUT2D eigenvalue weighted by Crippen LogP contribution is 2.28. The minimum Gasteiger partial charge on any atom is -0.449 e. The van der Waals surface area contributed by atoms with Gasteiger partial charge >= 0.3 is 5.97 Å². The zero-order chi connectivity index (χ0) is 19.4. The van der Waals surface area contributed by atoms with Gasteiger partial charge in [-0.2, -0.15) is 0 Å². The molecule has 0 saturated carbocycles. The van der Waals surface area contributed by atoms with Gasteiger partial charge in [0.2, 0.25) is 0 Å². The summed E-state index contributed by atoms with van der Waals surface area (Å²) >= 11 is 17.7. The highest BCUT2D eigenvalue weighted by molar-refractivity contribution is 6.39. The van der Waals surface area contributed by atoms with Gasteiger partial charge in [0.25, 0.3) is 11.6 Å². The fourth-order valence-electron chi connectivity index (χ4n) is 1.92. The number of non-ortho nitro benzene ring substituents is 1. The maximum atomic E-state index is 12.2. The van der Waals surface area contributed by atoms with Crippen LogP contribution in [-0.4, -0.2) is 22.9 Å². The molecule has 7 nitrogen and oxygen atoms in total. The largest absolute Gasteiger partial charge is 0.449 e. The predicted molar refractivity (Wildman–Crippen MR) is 98.1 cm³/mol. The molecule has 0 aliphatic carbocycles. The average molecular weight is 418 g/mol. The van der Waals surface area contributed by atoms with Gasteiger partial charge in [-0.25, -0.2) is 4.79 Å². The summed E-state index contributed by atoms with van der Waals surface area (Å²) in [5.74, 6) is -1.55. The van der Waals surface area contributed by atoms with Gasteiger partial charge in [-0.05, 0) is 25.1 Å². The molecule has 10 heteroatoms. The van der Waals surface area contributed by atoms with E-state index < -0.39 is 22.9 Å². The minimum absolute atomic E-state index is 0.0276. The van der Waals surface area contributed by atoms with Crippen LogP contribution in [0.3, 0.4) is 0 Å². The lowest BCUT2D eigenvalue weighted by atomic mass is 10.2. The summed E-state index contributed by atoms with van der Waals surface area (Å²) in [5.41, 5.74) is -0.134. The van der Waals surface area contributed by atoms with Crippen LogP contribution in [0.5, 0.6) is 0 Å². The molecule has 0 fully saturated rings. The van der Waals surface area contributed by atoms with Crippen LogP contribution in [-0.2, 0) is 9.53 Å².